The van der Waals surface area contributed by atoms with Crippen molar-refractivity contribution in [2.45, 2.75) is 25.4 Å². The third-order valence-electron chi connectivity index (χ3n) is 5.55. The summed E-state index contributed by atoms with van der Waals surface area (Å²) in [7, 11) is 1.67. The maximum atomic E-state index is 5.65. The highest BCUT2D eigenvalue weighted by Crippen LogP contribution is 2.36. The Hall–Kier alpha value is -3.17. The Kier molecular flexibility index (Phi) is 5.68. The predicted molar refractivity (Wildman–Crippen MR) is 113 cm³/mol. The number of hydrogen-bond donors (Lipinski definition) is 1. The second kappa shape index (κ2) is 8.91. The standard InChI is InChI=1S/C22H25N5O4/c1-28-10-8-23-20-7-5-16(12-24-20)21-25-22(31-26-21)17-3-2-9-27(17)13-15-4-6-18-19(11-15)30-14-29-18/h4-7,11-12,17H,2-3,8-10,13-14H2,1H3,(H,23,24)/t17-/m1/s1. The first kappa shape index (κ1) is 19.8. The van der Waals surface area contributed by atoms with Crippen molar-refractivity contribution in [3.05, 3.63) is 48.0 Å². The molecule has 0 bridgehead atoms. The fourth-order valence-corrected chi connectivity index (χ4v) is 3.97. The second-order valence-corrected chi connectivity index (χ2v) is 7.62. The fraction of sp³-hybridized carbons (Fsp3) is 0.409. The third kappa shape index (κ3) is 4.33. The van der Waals surface area contributed by atoms with Crippen LogP contribution in [0.5, 0.6) is 11.5 Å². The number of benzene rings is 1. The normalized spacial score (nSPS) is 17.9. The van der Waals surface area contributed by atoms with E-state index >= 15 is 0 Å². The average Bonchev–Trinajstić information content (AvgIpc) is 3.55. The zero-order valence-electron chi connectivity index (χ0n) is 17.4. The summed E-state index contributed by atoms with van der Waals surface area (Å²) < 4.78 is 21.6. The molecule has 0 unspecified atom stereocenters. The Balaban J connectivity index is 1.26. The monoisotopic (exact) mass is 423 g/mol. The van der Waals surface area contributed by atoms with E-state index in [0.717, 1.165) is 48.8 Å². The first-order chi connectivity index (χ1) is 15.3. The van der Waals surface area contributed by atoms with Crippen molar-refractivity contribution in [1.29, 1.82) is 0 Å². The van der Waals surface area contributed by atoms with Crippen molar-refractivity contribution in [2.75, 3.05) is 38.9 Å². The lowest BCUT2D eigenvalue weighted by molar-refractivity contribution is 0.173. The fourth-order valence-electron chi connectivity index (χ4n) is 3.97. The van der Waals surface area contributed by atoms with Crippen LogP contribution in [0.1, 0.15) is 30.3 Å². The van der Waals surface area contributed by atoms with Gasteiger partial charge >= 0.3 is 0 Å². The SMILES string of the molecule is COCCNc1ccc(-c2noc([C@H]3CCCN3Cc3ccc4c(c3)OCO4)n2)cn1. The van der Waals surface area contributed by atoms with E-state index in [1.807, 2.05) is 24.3 Å². The Bertz CT molecular complexity index is 1020. The molecular formula is C22H25N5O4. The van der Waals surface area contributed by atoms with Gasteiger partial charge in [0.1, 0.15) is 5.82 Å². The molecule has 1 fully saturated rings. The van der Waals surface area contributed by atoms with Crippen molar-refractivity contribution < 1.29 is 18.7 Å². The minimum Gasteiger partial charge on any atom is -0.454 e. The third-order valence-corrected chi connectivity index (χ3v) is 5.55. The second-order valence-electron chi connectivity index (χ2n) is 7.62. The molecule has 1 atom stereocenters. The van der Waals surface area contributed by atoms with Crippen LogP contribution in [0.2, 0.25) is 0 Å². The van der Waals surface area contributed by atoms with Gasteiger partial charge in [0.25, 0.3) is 0 Å². The minimum absolute atomic E-state index is 0.106. The van der Waals surface area contributed by atoms with Crippen molar-refractivity contribution in [3.8, 4) is 22.9 Å². The lowest BCUT2D eigenvalue weighted by Gasteiger charge is -2.21. The zero-order chi connectivity index (χ0) is 21.0. The molecule has 31 heavy (non-hydrogen) atoms. The van der Waals surface area contributed by atoms with E-state index < -0.39 is 0 Å². The number of rotatable bonds is 8. The number of hydrogen-bond acceptors (Lipinski definition) is 9. The van der Waals surface area contributed by atoms with E-state index in [1.165, 1.54) is 5.56 Å². The van der Waals surface area contributed by atoms with Gasteiger partial charge in [0.05, 0.1) is 12.6 Å². The molecule has 0 aliphatic carbocycles. The van der Waals surface area contributed by atoms with Gasteiger partial charge in [-0.25, -0.2) is 4.98 Å². The summed E-state index contributed by atoms with van der Waals surface area (Å²) in [5.74, 6) is 3.60. The van der Waals surface area contributed by atoms with Crippen molar-refractivity contribution >= 4 is 5.82 Å². The Morgan fingerprint density at radius 3 is 3.00 bits per heavy atom. The topological polar surface area (TPSA) is 94.8 Å². The van der Waals surface area contributed by atoms with Crippen molar-refractivity contribution in [1.82, 2.24) is 20.0 Å². The Morgan fingerprint density at radius 1 is 1.19 bits per heavy atom. The molecule has 3 aromatic rings. The zero-order valence-corrected chi connectivity index (χ0v) is 17.4. The van der Waals surface area contributed by atoms with E-state index in [4.69, 9.17) is 18.7 Å². The number of nitrogens with one attached hydrogen (secondary N) is 1. The quantitative estimate of drug-likeness (QED) is 0.548. The number of pyridine rings is 1. The highest BCUT2D eigenvalue weighted by molar-refractivity contribution is 5.55. The molecule has 4 heterocycles. The molecule has 0 saturated carbocycles. The molecule has 9 heteroatoms. The molecule has 0 spiro atoms. The molecule has 162 valence electrons. The highest BCUT2D eigenvalue weighted by Gasteiger charge is 2.31. The summed E-state index contributed by atoms with van der Waals surface area (Å²) in [4.78, 5) is 11.5. The van der Waals surface area contributed by atoms with Crippen LogP contribution in [0.4, 0.5) is 5.82 Å². The Labute approximate surface area is 180 Å². The van der Waals surface area contributed by atoms with Crippen molar-refractivity contribution in [3.63, 3.8) is 0 Å². The van der Waals surface area contributed by atoms with Crippen LogP contribution in [-0.4, -0.2) is 53.6 Å². The van der Waals surface area contributed by atoms with E-state index in [9.17, 15) is 0 Å². The lowest BCUT2D eigenvalue weighted by atomic mass is 10.1. The molecule has 2 aliphatic heterocycles. The van der Waals surface area contributed by atoms with Crippen LogP contribution in [0.3, 0.4) is 0 Å². The van der Waals surface area contributed by atoms with Crippen LogP contribution in [0.15, 0.2) is 41.1 Å². The number of anilines is 1. The number of methoxy groups -OCH3 is 1. The Morgan fingerprint density at radius 2 is 2.13 bits per heavy atom. The van der Waals surface area contributed by atoms with Gasteiger partial charge in [0.2, 0.25) is 18.5 Å². The van der Waals surface area contributed by atoms with Crippen LogP contribution < -0.4 is 14.8 Å². The molecule has 0 radical (unpaired) electrons. The van der Waals surface area contributed by atoms with Crippen LogP contribution in [0.25, 0.3) is 11.4 Å². The van der Waals surface area contributed by atoms with Gasteiger partial charge in [-0.15, -0.1) is 0 Å². The molecule has 0 amide bonds. The summed E-state index contributed by atoms with van der Waals surface area (Å²) in [5.41, 5.74) is 2.00. The van der Waals surface area contributed by atoms with E-state index in [0.29, 0.717) is 24.9 Å². The maximum absolute atomic E-state index is 5.65. The minimum atomic E-state index is 0.106. The number of likely N-dealkylation sites (tertiary alicyclic amines) is 1. The van der Waals surface area contributed by atoms with Crippen molar-refractivity contribution in [2.24, 2.45) is 0 Å². The van der Waals surface area contributed by atoms with Gasteiger partial charge in [-0.2, -0.15) is 4.98 Å². The van der Waals surface area contributed by atoms with Gasteiger partial charge in [-0.3, -0.25) is 4.90 Å². The van der Waals surface area contributed by atoms with E-state index in [2.05, 4.69) is 31.4 Å². The molecule has 5 rings (SSSR count). The van der Waals surface area contributed by atoms with Gasteiger partial charge in [0, 0.05) is 32.0 Å². The first-order valence-electron chi connectivity index (χ1n) is 10.5. The van der Waals surface area contributed by atoms with E-state index in [1.54, 1.807) is 13.3 Å². The average molecular weight is 423 g/mol. The summed E-state index contributed by atoms with van der Waals surface area (Å²) in [6, 6.07) is 10.0. The number of aromatic nitrogens is 3. The number of nitrogens with zero attached hydrogens (tertiary/aromatic N) is 4. The molecule has 2 aliphatic rings. The molecule has 1 aromatic carbocycles. The number of fused-ring (bicyclic) bond motifs is 1. The molecule has 1 N–H and O–H groups in total. The lowest BCUT2D eigenvalue weighted by Crippen LogP contribution is -2.23. The maximum Gasteiger partial charge on any atom is 0.244 e. The smallest absolute Gasteiger partial charge is 0.244 e. The molecule has 9 nitrogen and oxygen atoms in total. The van der Waals surface area contributed by atoms with Gasteiger partial charge in [-0.1, -0.05) is 11.2 Å². The van der Waals surface area contributed by atoms with E-state index in [-0.39, 0.29) is 12.8 Å². The van der Waals surface area contributed by atoms with Crippen LogP contribution in [-0.2, 0) is 11.3 Å². The largest absolute Gasteiger partial charge is 0.454 e. The summed E-state index contributed by atoms with van der Waals surface area (Å²) in [5, 5.41) is 7.39. The summed E-state index contributed by atoms with van der Waals surface area (Å²) >= 11 is 0. The summed E-state index contributed by atoms with van der Waals surface area (Å²) in [6.07, 6.45) is 3.84. The summed E-state index contributed by atoms with van der Waals surface area (Å²) in [6.45, 7) is 3.40. The van der Waals surface area contributed by atoms with Crippen LogP contribution >= 0.6 is 0 Å². The van der Waals surface area contributed by atoms with Gasteiger partial charge in [-0.05, 0) is 49.2 Å². The predicted octanol–water partition coefficient (Wildman–Crippen LogP) is 3.26. The molecule has 1 saturated heterocycles. The highest BCUT2D eigenvalue weighted by atomic mass is 16.7. The van der Waals surface area contributed by atoms with Crippen LogP contribution in [0, 0.1) is 0 Å². The van der Waals surface area contributed by atoms with Gasteiger partial charge < -0.3 is 24.1 Å². The van der Waals surface area contributed by atoms with Gasteiger partial charge in [0.15, 0.2) is 11.5 Å². The number of ether oxygens (including phenoxy) is 3. The molecular weight excluding hydrogens is 398 g/mol. The molecule has 2 aromatic heterocycles. The first-order valence-corrected chi connectivity index (χ1v) is 10.5.